The Morgan fingerprint density at radius 1 is 1.24 bits per heavy atom. The number of hydrogen-bond acceptors (Lipinski definition) is 2. The summed E-state index contributed by atoms with van der Waals surface area (Å²) in [5.41, 5.74) is 3.72. The minimum atomic E-state index is 0.235. The maximum absolute atomic E-state index is 11.9. The number of piperazine rings is 1. The van der Waals surface area contributed by atoms with Gasteiger partial charge in [0.1, 0.15) is 0 Å². The second-order valence-electron chi connectivity index (χ2n) is 4.68. The van der Waals surface area contributed by atoms with Gasteiger partial charge in [0.15, 0.2) is 0 Å². The third-order valence-corrected chi connectivity index (χ3v) is 3.39. The number of likely N-dealkylation sites (N-methyl/N-ethyl adjacent to an activating group) is 1. The zero-order valence-corrected chi connectivity index (χ0v) is 10.9. The molecule has 0 aliphatic carbocycles. The Morgan fingerprint density at radius 3 is 2.59 bits per heavy atom. The highest BCUT2D eigenvalue weighted by Gasteiger charge is 2.23. The van der Waals surface area contributed by atoms with Crippen molar-refractivity contribution in [1.82, 2.24) is 4.90 Å². The van der Waals surface area contributed by atoms with E-state index in [-0.39, 0.29) is 5.91 Å². The van der Waals surface area contributed by atoms with E-state index in [0.717, 1.165) is 19.6 Å². The van der Waals surface area contributed by atoms with Crippen molar-refractivity contribution in [3.63, 3.8) is 0 Å². The highest BCUT2D eigenvalue weighted by atomic mass is 16.2. The van der Waals surface area contributed by atoms with Gasteiger partial charge in [0.05, 0.1) is 6.54 Å². The SMILES string of the molecule is CCN1CCN(c2ccc(C)cc2C)CC1=O. The van der Waals surface area contributed by atoms with Crippen LogP contribution in [0, 0.1) is 13.8 Å². The molecule has 0 atom stereocenters. The molecule has 1 saturated heterocycles. The van der Waals surface area contributed by atoms with E-state index < -0.39 is 0 Å². The minimum absolute atomic E-state index is 0.235. The molecule has 1 heterocycles. The molecule has 17 heavy (non-hydrogen) atoms. The number of aryl methyl sites for hydroxylation is 2. The van der Waals surface area contributed by atoms with Crippen LogP contribution in [0.5, 0.6) is 0 Å². The van der Waals surface area contributed by atoms with Crippen molar-refractivity contribution in [2.24, 2.45) is 0 Å². The molecule has 2 rings (SSSR count). The fraction of sp³-hybridized carbons (Fsp3) is 0.500. The Kier molecular flexibility index (Phi) is 3.36. The Hall–Kier alpha value is -1.51. The molecule has 1 amide bonds. The first kappa shape index (κ1) is 12.0. The van der Waals surface area contributed by atoms with Gasteiger partial charge in [-0.2, -0.15) is 0 Å². The summed E-state index contributed by atoms with van der Waals surface area (Å²) < 4.78 is 0. The molecule has 0 saturated carbocycles. The van der Waals surface area contributed by atoms with Gasteiger partial charge in [-0.1, -0.05) is 17.7 Å². The van der Waals surface area contributed by atoms with E-state index in [1.54, 1.807) is 0 Å². The van der Waals surface area contributed by atoms with Crippen LogP contribution in [0.2, 0.25) is 0 Å². The van der Waals surface area contributed by atoms with Crippen molar-refractivity contribution < 1.29 is 4.79 Å². The summed E-state index contributed by atoms with van der Waals surface area (Å²) in [5, 5.41) is 0. The molecule has 3 nitrogen and oxygen atoms in total. The van der Waals surface area contributed by atoms with E-state index in [0.29, 0.717) is 6.54 Å². The van der Waals surface area contributed by atoms with Gasteiger partial charge < -0.3 is 9.80 Å². The highest BCUT2D eigenvalue weighted by molar-refractivity contribution is 5.83. The van der Waals surface area contributed by atoms with Crippen molar-refractivity contribution in [2.75, 3.05) is 31.1 Å². The number of carbonyl (C=O) groups is 1. The van der Waals surface area contributed by atoms with Crippen LogP contribution in [0.3, 0.4) is 0 Å². The van der Waals surface area contributed by atoms with E-state index in [1.165, 1.54) is 16.8 Å². The third kappa shape index (κ3) is 2.43. The number of amides is 1. The van der Waals surface area contributed by atoms with Crippen LogP contribution < -0.4 is 4.90 Å². The number of anilines is 1. The topological polar surface area (TPSA) is 23.6 Å². The van der Waals surface area contributed by atoms with Crippen LogP contribution in [0.15, 0.2) is 18.2 Å². The van der Waals surface area contributed by atoms with Gasteiger partial charge >= 0.3 is 0 Å². The molecule has 0 N–H and O–H groups in total. The van der Waals surface area contributed by atoms with Crippen molar-refractivity contribution in [3.8, 4) is 0 Å². The van der Waals surface area contributed by atoms with Crippen LogP contribution in [-0.4, -0.2) is 37.0 Å². The van der Waals surface area contributed by atoms with E-state index in [2.05, 4.69) is 36.9 Å². The Morgan fingerprint density at radius 2 is 2.00 bits per heavy atom. The van der Waals surface area contributed by atoms with Crippen LogP contribution in [0.25, 0.3) is 0 Å². The van der Waals surface area contributed by atoms with E-state index in [9.17, 15) is 4.79 Å². The predicted octanol–water partition coefficient (Wildman–Crippen LogP) is 1.97. The maximum Gasteiger partial charge on any atom is 0.242 e. The summed E-state index contributed by atoms with van der Waals surface area (Å²) >= 11 is 0. The monoisotopic (exact) mass is 232 g/mol. The Labute approximate surface area is 103 Å². The Bertz CT molecular complexity index is 428. The second kappa shape index (κ2) is 4.78. The third-order valence-electron chi connectivity index (χ3n) is 3.39. The number of carbonyl (C=O) groups excluding carboxylic acids is 1. The average Bonchev–Trinajstić information content (AvgIpc) is 2.29. The first-order valence-corrected chi connectivity index (χ1v) is 6.21. The molecule has 1 fully saturated rings. The van der Waals surface area contributed by atoms with Crippen LogP contribution in [0.4, 0.5) is 5.69 Å². The summed E-state index contributed by atoms with van der Waals surface area (Å²) in [7, 11) is 0. The molecular weight excluding hydrogens is 212 g/mol. The van der Waals surface area contributed by atoms with Crippen LogP contribution in [-0.2, 0) is 4.79 Å². The number of hydrogen-bond donors (Lipinski definition) is 0. The smallest absolute Gasteiger partial charge is 0.242 e. The van der Waals surface area contributed by atoms with E-state index in [4.69, 9.17) is 0 Å². The van der Waals surface area contributed by atoms with Crippen molar-refractivity contribution in [1.29, 1.82) is 0 Å². The lowest BCUT2D eigenvalue weighted by Gasteiger charge is -2.35. The lowest BCUT2D eigenvalue weighted by Crippen LogP contribution is -2.50. The molecule has 3 heteroatoms. The molecule has 0 bridgehead atoms. The van der Waals surface area contributed by atoms with Crippen molar-refractivity contribution in [2.45, 2.75) is 20.8 Å². The van der Waals surface area contributed by atoms with Gasteiger partial charge in [0.25, 0.3) is 0 Å². The molecule has 0 spiro atoms. The van der Waals surface area contributed by atoms with Crippen molar-refractivity contribution in [3.05, 3.63) is 29.3 Å². The standard InChI is InChI=1S/C14H20N2O/c1-4-15-7-8-16(10-14(15)17)13-6-5-11(2)9-12(13)3/h5-6,9H,4,7-8,10H2,1-3H3. The average molecular weight is 232 g/mol. The van der Waals surface area contributed by atoms with Gasteiger partial charge in [-0.15, -0.1) is 0 Å². The fourth-order valence-electron chi connectivity index (χ4n) is 2.41. The largest absolute Gasteiger partial charge is 0.360 e. The van der Waals surface area contributed by atoms with Gasteiger partial charge in [-0.25, -0.2) is 0 Å². The summed E-state index contributed by atoms with van der Waals surface area (Å²) in [5.74, 6) is 0.235. The first-order chi connectivity index (χ1) is 8.11. The first-order valence-electron chi connectivity index (χ1n) is 6.21. The predicted molar refractivity (Wildman–Crippen MR) is 70.4 cm³/mol. The van der Waals surface area contributed by atoms with Crippen molar-refractivity contribution >= 4 is 11.6 Å². The normalized spacial score (nSPS) is 16.5. The van der Waals surface area contributed by atoms with E-state index >= 15 is 0 Å². The highest BCUT2D eigenvalue weighted by Crippen LogP contribution is 2.22. The molecule has 1 aromatic rings. The van der Waals surface area contributed by atoms with Gasteiger partial charge in [0.2, 0.25) is 5.91 Å². The number of benzene rings is 1. The molecule has 1 aliphatic rings. The zero-order chi connectivity index (χ0) is 12.4. The molecule has 0 aromatic heterocycles. The van der Waals surface area contributed by atoms with Crippen LogP contribution >= 0.6 is 0 Å². The summed E-state index contributed by atoms with van der Waals surface area (Å²) in [6.45, 7) is 9.34. The van der Waals surface area contributed by atoms with Crippen LogP contribution in [0.1, 0.15) is 18.1 Å². The summed E-state index contributed by atoms with van der Waals surface area (Å²) in [4.78, 5) is 16.0. The minimum Gasteiger partial charge on any atom is -0.360 e. The number of rotatable bonds is 2. The molecule has 0 unspecified atom stereocenters. The quantitative estimate of drug-likeness (QED) is 0.778. The fourth-order valence-corrected chi connectivity index (χ4v) is 2.41. The second-order valence-corrected chi connectivity index (χ2v) is 4.68. The number of nitrogens with zero attached hydrogens (tertiary/aromatic N) is 2. The maximum atomic E-state index is 11.9. The Balaban J connectivity index is 2.16. The molecular formula is C14H20N2O. The lowest BCUT2D eigenvalue weighted by molar-refractivity contribution is -0.130. The molecule has 0 radical (unpaired) electrons. The molecule has 1 aromatic carbocycles. The summed E-state index contributed by atoms with van der Waals surface area (Å²) in [6.07, 6.45) is 0. The molecule has 92 valence electrons. The van der Waals surface area contributed by atoms with Gasteiger partial charge in [0, 0.05) is 25.3 Å². The van der Waals surface area contributed by atoms with Gasteiger partial charge in [-0.05, 0) is 32.4 Å². The van der Waals surface area contributed by atoms with Gasteiger partial charge in [-0.3, -0.25) is 4.79 Å². The lowest BCUT2D eigenvalue weighted by atomic mass is 10.1. The summed E-state index contributed by atoms with van der Waals surface area (Å²) in [6, 6.07) is 6.41. The molecule has 1 aliphatic heterocycles. The van der Waals surface area contributed by atoms with E-state index in [1.807, 2.05) is 11.8 Å². The zero-order valence-electron chi connectivity index (χ0n) is 10.9.